The number of amides is 1. The fourth-order valence-corrected chi connectivity index (χ4v) is 2.25. The van der Waals surface area contributed by atoms with Gasteiger partial charge in [-0.2, -0.15) is 0 Å². The first-order valence-corrected chi connectivity index (χ1v) is 7.01. The minimum atomic E-state index is -1.03. The average molecular weight is 318 g/mol. The Morgan fingerprint density at radius 2 is 1.95 bits per heavy atom. The molecule has 1 amide bonds. The number of aliphatic carboxylic acids is 1. The second kappa shape index (κ2) is 7.50. The normalized spacial score (nSPS) is 12.2. The van der Waals surface area contributed by atoms with Crippen LogP contribution in [0.15, 0.2) is 18.2 Å². The Balaban J connectivity index is 2.68. The molecule has 0 radical (unpaired) electrons. The molecular weight excluding hydrogens is 301 g/mol. The van der Waals surface area contributed by atoms with Crippen molar-refractivity contribution in [1.82, 2.24) is 5.32 Å². The Labute approximate surface area is 128 Å². The van der Waals surface area contributed by atoms with Gasteiger partial charge in [0.25, 0.3) is 0 Å². The van der Waals surface area contributed by atoms with Gasteiger partial charge in [0.1, 0.15) is 6.04 Å². The van der Waals surface area contributed by atoms with Crippen LogP contribution >= 0.6 is 23.2 Å². The molecule has 0 aliphatic heterocycles. The van der Waals surface area contributed by atoms with Crippen LogP contribution in [0, 0.1) is 5.92 Å². The predicted octanol–water partition coefficient (Wildman–Crippen LogP) is 3.15. The van der Waals surface area contributed by atoms with Crippen molar-refractivity contribution in [3.8, 4) is 0 Å². The summed E-state index contributed by atoms with van der Waals surface area (Å²) in [7, 11) is 0. The van der Waals surface area contributed by atoms with Gasteiger partial charge in [-0.3, -0.25) is 4.79 Å². The van der Waals surface area contributed by atoms with Gasteiger partial charge in [-0.25, -0.2) is 4.79 Å². The summed E-state index contributed by atoms with van der Waals surface area (Å²) < 4.78 is 0. The third-order valence-electron chi connectivity index (χ3n) is 2.71. The molecule has 0 fully saturated rings. The molecule has 1 aromatic carbocycles. The van der Waals surface area contributed by atoms with E-state index in [1.165, 1.54) is 0 Å². The van der Waals surface area contributed by atoms with Crippen molar-refractivity contribution in [2.45, 2.75) is 32.7 Å². The van der Waals surface area contributed by atoms with E-state index in [9.17, 15) is 9.59 Å². The highest BCUT2D eigenvalue weighted by Gasteiger charge is 2.21. The second-order valence-corrected chi connectivity index (χ2v) is 5.84. The molecule has 110 valence electrons. The van der Waals surface area contributed by atoms with Crippen LogP contribution < -0.4 is 5.32 Å². The number of nitrogens with one attached hydrogen (secondary N) is 1. The van der Waals surface area contributed by atoms with Gasteiger partial charge < -0.3 is 10.4 Å². The van der Waals surface area contributed by atoms with Gasteiger partial charge in [-0.15, -0.1) is 0 Å². The largest absolute Gasteiger partial charge is 0.480 e. The zero-order valence-corrected chi connectivity index (χ0v) is 12.8. The Morgan fingerprint density at radius 1 is 1.30 bits per heavy atom. The monoisotopic (exact) mass is 317 g/mol. The van der Waals surface area contributed by atoms with Crippen LogP contribution in [0.25, 0.3) is 0 Å². The van der Waals surface area contributed by atoms with Crippen LogP contribution in [0.5, 0.6) is 0 Å². The molecule has 0 aliphatic carbocycles. The molecule has 20 heavy (non-hydrogen) atoms. The van der Waals surface area contributed by atoms with Crippen molar-refractivity contribution < 1.29 is 14.7 Å². The molecule has 1 atom stereocenters. The van der Waals surface area contributed by atoms with Gasteiger partial charge in [0, 0.05) is 10.0 Å². The number of rotatable bonds is 6. The first kappa shape index (κ1) is 16.8. The second-order valence-electron chi connectivity index (χ2n) is 5.00. The van der Waals surface area contributed by atoms with Crippen LogP contribution in [-0.4, -0.2) is 23.0 Å². The molecule has 0 saturated carbocycles. The Bertz CT molecular complexity index is 503. The van der Waals surface area contributed by atoms with E-state index in [1.54, 1.807) is 18.2 Å². The quantitative estimate of drug-likeness (QED) is 0.847. The molecule has 1 aromatic rings. The fourth-order valence-electron chi connectivity index (χ4n) is 1.78. The average Bonchev–Trinajstić information content (AvgIpc) is 2.31. The zero-order valence-electron chi connectivity index (χ0n) is 11.3. The van der Waals surface area contributed by atoms with Crippen molar-refractivity contribution in [2.24, 2.45) is 5.92 Å². The number of carboxylic acids is 1. The number of carboxylic acid groups (broad SMARTS) is 1. The highest BCUT2D eigenvalue weighted by atomic mass is 35.5. The van der Waals surface area contributed by atoms with E-state index in [0.29, 0.717) is 22.0 Å². The molecule has 0 heterocycles. The molecule has 4 nitrogen and oxygen atoms in total. The summed E-state index contributed by atoms with van der Waals surface area (Å²) in [4.78, 5) is 23.0. The lowest BCUT2D eigenvalue weighted by Gasteiger charge is -2.16. The lowest BCUT2D eigenvalue weighted by molar-refractivity contribution is -0.142. The minimum Gasteiger partial charge on any atom is -0.480 e. The summed E-state index contributed by atoms with van der Waals surface area (Å²) in [5.74, 6) is -1.23. The van der Waals surface area contributed by atoms with Gasteiger partial charge >= 0.3 is 5.97 Å². The van der Waals surface area contributed by atoms with Crippen molar-refractivity contribution in [2.75, 3.05) is 0 Å². The summed E-state index contributed by atoms with van der Waals surface area (Å²) >= 11 is 11.8. The van der Waals surface area contributed by atoms with Gasteiger partial charge in [0.05, 0.1) is 6.42 Å². The van der Waals surface area contributed by atoms with Crippen molar-refractivity contribution >= 4 is 35.1 Å². The van der Waals surface area contributed by atoms with Gasteiger partial charge in [0.15, 0.2) is 0 Å². The van der Waals surface area contributed by atoms with Gasteiger partial charge in [-0.05, 0) is 30.0 Å². The van der Waals surface area contributed by atoms with E-state index in [-0.39, 0.29) is 18.2 Å². The van der Waals surface area contributed by atoms with Crippen molar-refractivity contribution in [3.63, 3.8) is 0 Å². The first-order valence-electron chi connectivity index (χ1n) is 6.25. The van der Waals surface area contributed by atoms with Crippen LogP contribution in [0.2, 0.25) is 10.0 Å². The lowest BCUT2D eigenvalue weighted by atomic mass is 10.0. The van der Waals surface area contributed by atoms with E-state index in [4.69, 9.17) is 28.3 Å². The molecular formula is C14H17Cl2NO3. The Hall–Kier alpha value is -1.26. The maximum atomic E-state index is 11.9. The van der Waals surface area contributed by atoms with Gasteiger partial charge in [-0.1, -0.05) is 43.1 Å². The Morgan fingerprint density at radius 3 is 2.45 bits per heavy atom. The van der Waals surface area contributed by atoms with E-state index in [1.807, 2.05) is 13.8 Å². The van der Waals surface area contributed by atoms with E-state index in [0.717, 1.165) is 0 Å². The fraction of sp³-hybridized carbons (Fsp3) is 0.429. The standard InChI is InChI=1S/C14H17Cl2NO3/c1-8(2)5-12(14(19)20)17-13(18)6-9-3-4-10(15)7-11(9)16/h3-4,7-8,12H,5-6H2,1-2H3,(H,17,18)(H,19,20)/t12-/m0/s1. The molecule has 0 spiro atoms. The van der Waals surface area contributed by atoms with Crippen LogP contribution in [0.3, 0.4) is 0 Å². The number of benzene rings is 1. The number of hydrogen-bond donors (Lipinski definition) is 2. The smallest absolute Gasteiger partial charge is 0.326 e. The van der Waals surface area contributed by atoms with Crippen LogP contribution in [0.4, 0.5) is 0 Å². The van der Waals surface area contributed by atoms with Crippen molar-refractivity contribution in [1.29, 1.82) is 0 Å². The molecule has 0 saturated heterocycles. The number of halogens is 2. The van der Waals surface area contributed by atoms with E-state index in [2.05, 4.69) is 5.32 Å². The lowest BCUT2D eigenvalue weighted by Crippen LogP contribution is -2.42. The van der Waals surface area contributed by atoms with Crippen LogP contribution in [-0.2, 0) is 16.0 Å². The zero-order chi connectivity index (χ0) is 15.3. The first-order chi connectivity index (χ1) is 9.29. The molecule has 0 aromatic heterocycles. The maximum absolute atomic E-state index is 11.9. The third-order valence-corrected chi connectivity index (χ3v) is 3.29. The summed E-state index contributed by atoms with van der Waals surface area (Å²) in [5, 5.41) is 12.5. The Kier molecular flexibility index (Phi) is 6.30. The summed E-state index contributed by atoms with van der Waals surface area (Å²) in [6.45, 7) is 3.80. The molecule has 6 heteroatoms. The molecule has 1 rings (SSSR count). The highest BCUT2D eigenvalue weighted by Crippen LogP contribution is 2.21. The van der Waals surface area contributed by atoms with Crippen LogP contribution in [0.1, 0.15) is 25.8 Å². The molecule has 0 aliphatic rings. The molecule has 2 N–H and O–H groups in total. The summed E-state index contributed by atoms with van der Waals surface area (Å²) in [5.41, 5.74) is 0.613. The maximum Gasteiger partial charge on any atom is 0.326 e. The van der Waals surface area contributed by atoms with E-state index < -0.39 is 12.0 Å². The molecule has 0 bridgehead atoms. The SMILES string of the molecule is CC(C)C[C@H](NC(=O)Cc1ccc(Cl)cc1Cl)C(=O)O. The third kappa shape index (κ3) is 5.39. The molecule has 0 unspecified atom stereocenters. The number of carbonyl (C=O) groups is 2. The van der Waals surface area contributed by atoms with Crippen molar-refractivity contribution in [3.05, 3.63) is 33.8 Å². The highest BCUT2D eigenvalue weighted by molar-refractivity contribution is 6.35. The van der Waals surface area contributed by atoms with E-state index >= 15 is 0 Å². The number of carbonyl (C=O) groups excluding carboxylic acids is 1. The number of hydrogen-bond acceptors (Lipinski definition) is 2. The summed E-state index contributed by atoms with van der Waals surface area (Å²) in [6, 6.07) is 3.96. The minimum absolute atomic E-state index is 0.0257. The topological polar surface area (TPSA) is 66.4 Å². The van der Waals surface area contributed by atoms with Gasteiger partial charge in [0.2, 0.25) is 5.91 Å². The predicted molar refractivity (Wildman–Crippen MR) is 79.2 cm³/mol. The summed E-state index contributed by atoms with van der Waals surface area (Å²) in [6.07, 6.45) is 0.410.